The number of hydrogen-bond donors (Lipinski definition) is 0. The second-order valence-corrected chi connectivity index (χ2v) is 7.61. The highest BCUT2D eigenvalue weighted by Crippen LogP contribution is 2.32. The number of nitrogens with zero attached hydrogens (tertiary/aromatic N) is 3. The van der Waals surface area contributed by atoms with Crippen LogP contribution < -0.4 is 0 Å². The molecule has 1 aliphatic rings. The van der Waals surface area contributed by atoms with Crippen molar-refractivity contribution < 1.29 is 4.79 Å². The van der Waals surface area contributed by atoms with E-state index in [9.17, 15) is 4.79 Å². The zero-order chi connectivity index (χ0) is 19.0. The van der Waals surface area contributed by atoms with Gasteiger partial charge in [-0.1, -0.05) is 47.5 Å². The lowest BCUT2D eigenvalue weighted by Gasteiger charge is -2.16. The Morgan fingerprint density at radius 3 is 2.81 bits per heavy atom. The van der Waals surface area contributed by atoms with Crippen LogP contribution in [0.4, 0.5) is 0 Å². The summed E-state index contributed by atoms with van der Waals surface area (Å²) >= 11 is 12.4. The number of benzene rings is 2. The van der Waals surface area contributed by atoms with Gasteiger partial charge in [0, 0.05) is 35.5 Å². The van der Waals surface area contributed by atoms with Crippen LogP contribution in [0.3, 0.4) is 0 Å². The zero-order valence-electron chi connectivity index (χ0n) is 14.7. The molecule has 1 saturated heterocycles. The molecular weight excluding hydrogens is 381 g/mol. The second kappa shape index (κ2) is 7.37. The van der Waals surface area contributed by atoms with Gasteiger partial charge in [0.2, 0.25) is 5.91 Å². The minimum atomic E-state index is 0.0518. The van der Waals surface area contributed by atoms with Crippen molar-refractivity contribution in [3.8, 4) is 0 Å². The Balaban J connectivity index is 1.76. The van der Waals surface area contributed by atoms with E-state index in [2.05, 4.69) is 11.1 Å². The first-order valence-corrected chi connectivity index (χ1v) is 9.60. The molecule has 0 spiro atoms. The quantitative estimate of drug-likeness (QED) is 0.572. The molecule has 4 rings (SSSR count). The molecule has 3 aromatic rings. The van der Waals surface area contributed by atoms with Crippen LogP contribution in [0.5, 0.6) is 0 Å². The van der Waals surface area contributed by atoms with Gasteiger partial charge in [-0.15, -0.1) is 6.58 Å². The fourth-order valence-electron chi connectivity index (χ4n) is 3.67. The Bertz CT molecular complexity index is 1030. The van der Waals surface area contributed by atoms with Gasteiger partial charge in [-0.3, -0.25) is 4.79 Å². The van der Waals surface area contributed by atoms with Crippen LogP contribution in [0.25, 0.3) is 11.0 Å². The van der Waals surface area contributed by atoms with Gasteiger partial charge in [0.1, 0.15) is 5.82 Å². The average Bonchev–Trinajstić information content (AvgIpc) is 3.19. The van der Waals surface area contributed by atoms with E-state index in [-0.39, 0.29) is 11.8 Å². The number of amides is 1. The molecule has 6 heteroatoms. The molecule has 138 valence electrons. The molecule has 27 heavy (non-hydrogen) atoms. The number of carbonyl (C=O) groups excluding carboxylic acids is 1. The van der Waals surface area contributed by atoms with Gasteiger partial charge in [0.25, 0.3) is 0 Å². The monoisotopic (exact) mass is 399 g/mol. The molecule has 1 aromatic heterocycles. The number of likely N-dealkylation sites (tertiary alicyclic amines) is 1. The van der Waals surface area contributed by atoms with Crippen molar-refractivity contribution in [3.63, 3.8) is 0 Å². The zero-order valence-corrected chi connectivity index (χ0v) is 16.2. The average molecular weight is 400 g/mol. The molecule has 0 N–H and O–H groups in total. The maximum atomic E-state index is 12.3. The number of imidazole rings is 1. The van der Waals surface area contributed by atoms with E-state index in [0.717, 1.165) is 22.4 Å². The first-order chi connectivity index (χ1) is 13.1. The van der Waals surface area contributed by atoms with Crippen LogP contribution in [-0.2, 0) is 11.3 Å². The Labute approximate surface area is 168 Å². The molecule has 0 radical (unpaired) electrons. The molecule has 0 bridgehead atoms. The third-order valence-electron chi connectivity index (χ3n) is 4.96. The maximum absolute atomic E-state index is 12.3. The Morgan fingerprint density at radius 1 is 1.22 bits per heavy atom. The van der Waals surface area contributed by atoms with E-state index in [1.165, 1.54) is 0 Å². The lowest BCUT2D eigenvalue weighted by atomic mass is 10.1. The van der Waals surface area contributed by atoms with Gasteiger partial charge in [-0.2, -0.15) is 0 Å². The van der Waals surface area contributed by atoms with Gasteiger partial charge in [0.05, 0.1) is 17.6 Å². The van der Waals surface area contributed by atoms with E-state index in [1.807, 2.05) is 41.3 Å². The van der Waals surface area contributed by atoms with E-state index in [1.54, 1.807) is 12.1 Å². The van der Waals surface area contributed by atoms with Crippen molar-refractivity contribution in [1.82, 2.24) is 14.5 Å². The molecule has 0 saturated carbocycles. The fourth-order valence-corrected chi connectivity index (χ4v) is 4.14. The number of fused-ring (bicyclic) bond motifs is 1. The van der Waals surface area contributed by atoms with Crippen LogP contribution in [0.1, 0.15) is 23.7 Å². The minimum Gasteiger partial charge on any atom is -0.338 e. The Kier molecular flexibility index (Phi) is 4.94. The van der Waals surface area contributed by atoms with E-state index < -0.39 is 0 Å². The van der Waals surface area contributed by atoms with Crippen LogP contribution in [0.2, 0.25) is 10.0 Å². The number of rotatable bonds is 5. The third kappa shape index (κ3) is 3.47. The van der Waals surface area contributed by atoms with E-state index in [0.29, 0.717) is 36.1 Å². The second-order valence-electron chi connectivity index (χ2n) is 6.77. The van der Waals surface area contributed by atoms with Crippen LogP contribution in [0, 0.1) is 0 Å². The van der Waals surface area contributed by atoms with E-state index >= 15 is 0 Å². The van der Waals surface area contributed by atoms with E-state index in [4.69, 9.17) is 28.2 Å². The summed E-state index contributed by atoms with van der Waals surface area (Å²) in [5.74, 6) is 1.11. The molecule has 0 unspecified atom stereocenters. The van der Waals surface area contributed by atoms with Crippen molar-refractivity contribution in [3.05, 3.63) is 76.6 Å². The summed E-state index contributed by atoms with van der Waals surface area (Å²) in [5, 5.41) is 1.24. The van der Waals surface area contributed by atoms with Gasteiger partial charge < -0.3 is 9.47 Å². The SMILES string of the molecule is C=CCN1C[C@@H](c2nc3ccccc3n2Cc2ccc(Cl)cc2Cl)CC1=O. The predicted molar refractivity (Wildman–Crippen MR) is 109 cm³/mol. The summed E-state index contributed by atoms with van der Waals surface area (Å²) in [4.78, 5) is 19.0. The molecule has 2 heterocycles. The van der Waals surface area contributed by atoms with Gasteiger partial charge in [-0.25, -0.2) is 4.98 Å². The lowest BCUT2D eigenvalue weighted by molar-refractivity contribution is -0.127. The van der Waals surface area contributed by atoms with Gasteiger partial charge in [0.15, 0.2) is 0 Å². The summed E-state index contributed by atoms with van der Waals surface area (Å²) in [7, 11) is 0. The number of aromatic nitrogens is 2. The number of hydrogen-bond acceptors (Lipinski definition) is 2. The lowest BCUT2D eigenvalue weighted by Crippen LogP contribution is -2.25. The van der Waals surface area contributed by atoms with Gasteiger partial charge in [-0.05, 0) is 29.8 Å². The van der Waals surface area contributed by atoms with Crippen molar-refractivity contribution >= 4 is 40.1 Å². The molecule has 1 amide bonds. The normalized spacial score (nSPS) is 17.0. The third-order valence-corrected chi connectivity index (χ3v) is 5.54. The largest absolute Gasteiger partial charge is 0.338 e. The summed E-state index contributed by atoms with van der Waals surface area (Å²) in [6.07, 6.45) is 2.22. The van der Waals surface area contributed by atoms with Crippen molar-refractivity contribution in [2.45, 2.75) is 18.9 Å². The molecule has 1 atom stereocenters. The summed E-state index contributed by atoms with van der Waals surface area (Å²) in [6, 6.07) is 13.5. The molecule has 2 aromatic carbocycles. The summed E-state index contributed by atoms with van der Waals surface area (Å²) < 4.78 is 2.17. The smallest absolute Gasteiger partial charge is 0.223 e. The maximum Gasteiger partial charge on any atom is 0.223 e. The summed E-state index contributed by atoms with van der Waals surface area (Å²) in [5.41, 5.74) is 2.93. The number of para-hydroxylation sites is 2. The van der Waals surface area contributed by atoms with Gasteiger partial charge >= 0.3 is 0 Å². The van der Waals surface area contributed by atoms with Crippen LogP contribution in [0.15, 0.2) is 55.1 Å². The Morgan fingerprint density at radius 2 is 2.04 bits per heavy atom. The standard InChI is InChI=1S/C21H19Cl2N3O/c1-2-9-25-12-15(10-20(25)27)21-24-18-5-3-4-6-19(18)26(21)13-14-7-8-16(22)11-17(14)23/h2-8,11,15H,1,9-10,12-13H2/t15-/m0/s1. The predicted octanol–water partition coefficient (Wildman–Crippen LogP) is 4.89. The van der Waals surface area contributed by atoms with Crippen LogP contribution >= 0.6 is 23.2 Å². The van der Waals surface area contributed by atoms with Crippen molar-refractivity contribution in [1.29, 1.82) is 0 Å². The first kappa shape index (κ1) is 18.1. The topological polar surface area (TPSA) is 38.1 Å². The highest BCUT2D eigenvalue weighted by atomic mass is 35.5. The highest BCUT2D eigenvalue weighted by molar-refractivity contribution is 6.35. The van der Waals surface area contributed by atoms with Crippen LogP contribution in [-0.4, -0.2) is 33.4 Å². The van der Waals surface area contributed by atoms with Crippen molar-refractivity contribution in [2.24, 2.45) is 0 Å². The number of carbonyl (C=O) groups is 1. The Hall–Kier alpha value is -2.30. The number of halogens is 2. The molecule has 4 nitrogen and oxygen atoms in total. The first-order valence-electron chi connectivity index (χ1n) is 8.84. The highest BCUT2D eigenvalue weighted by Gasteiger charge is 2.33. The molecule has 0 aliphatic carbocycles. The summed E-state index contributed by atoms with van der Waals surface area (Å²) in [6.45, 7) is 5.55. The minimum absolute atomic E-state index is 0.0518. The van der Waals surface area contributed by atoms with Crippen molar-refractivity contribution in [2.75, 3.05) is 13.1 Å². The molecular formula is C21H19Cl2N3O. The molecule has 1 fully saturated rings. The molecule has 1 aliphatic heterocycles. The fraction of sp³-hybridized carbons (Fsp3) is 0.238.